The van der Waals surface area contributed by atoms with Crippen molar-refractivity contribution in [2.75, 3.05) is 11.9 Å². The van der Waals surface area contributed by atoms with Crippen LogP contribution >= 0.6 is 11.3 Å². The Hall–Kier alpha value is -1.46. The van der Waals surface area contributed by atoms with Crippen LogP contribution in [0.15, 0.2) is 29.6 Å². The lowest BCUT2D eigenvalue weighted by atomic mass is 10.1. The minimum absolute atomic E-state index is 0.0712. The quantitative estimate of drug-likeness (QED) is 0.924. The Labute approximate surface area is 114 Å². The van der Waals surface area contributed by atoms with Crippen molar-refractivity contribution in [3.05, 3.63) is 51.7 Å². The van der Waals surface area contributed by atoms with E-state index in [1.165, 1.54) is 0 Å². The zero-order valence-corrected chi connectivity index (χ0v) is 11.5. The first-order chi connectivity index (χ1) is 9.04. The number of rotatable bonds is 4. The van der Waals surface area contributed by atoms with E-state index in [4.69, 9.17) is 5.11 Å². The average molecular weight is 283 g/mol. The van der Waals surface area contributed by atoms with Crippen molar-refractivity contribution >= 4 is 17.0 Å². The molecule has 2 nitrogen and oxygen atoms in total. The third-order valence-electron chi connectivity index (χ3n) is 3.15. The SMILES string of the molecule is CC(c1cccs1)N(C)c1c(F)cc(CO)cc1F. The first-order valence-corrected chi connectivity index (χ1v) is 6.77. The van der Waals surface area contributed by atoms with E-state index < -0.39 is 11.6 Å². The van der Waals surface area contributed by atoms with Gasteiger partial charge in [-0.3, -0.25) is 0 Å². The Kier molecular flexibility index (Phi) is 4.17. The van der Waals surface area contributed by atoms with Gasteiger partial charge in [-0.15, -0.1) is 11.3 Å². The predicted molar refractivity (Wildman–Crippen MR) is 73.4 cm³/mol. The molecule has 0 radical (unpaired) electrons. The highest BCUT2D eigenvalue weighted by Crippen LogP contribution is 2.32. The molecule has 1 atom stereocenters. The molecule has 2 aromatic rings. The molecule has 0 saturated heterocycles. The van der Waals surface area contributed by atoms with E-state index >= 15 is 0 Å². The highest BCUT2D eigenvalue weighted by molar-refractivity contribution is 7.10. The van der Waals surface area contributed by atoms with Crippen molar-refractivity contribution < 1.29 is 13.9 Å². The molecule has 0 bridgehead atoms. The van der Waals surface area contributed by atoms with E-state index in [0.29, 0.717) is 0 Å². The standard InChI is InChI=1S/C14H15F2NOS/c1-9(13-4-3-5-19-13)17(2)14-11(15)6-10(8-18)7-12(14)16/h3-7,9,18H,8H2,1-2H3. The van der Waals surface area contributed by atoms with E-state index in [-0.39, 0.29) is 23.9 Å². The fourth-order valence-corrected chi connectivity index (χ4v) is 2.79. The molecule has 5 heteroatoms. The van der Waals surface area contributed by atoms with Crippen LogP contribution in [0.4, 0.5) is 14.5 Å². The Morgan fingerprint density at radius 2 is 1.95 bits per heavy atom. The fourth-order valence-electron chi connectivity index (χ4n) is 1.96. The van der Waals surface area contributed by atoms with Crippen LogP contribution in [0, 0.1) is 11.6 Å². The summed E-state index contributed by atoms with van der Waals surface area (Å²) in [5.41, 5.74) is 0.161. The molecule has 1 N–H and O–H groups in total. The number of aliphatic hydroxyl groups is 1. The monoisotopic (exact) mass is 283 g/mol. The molecule has 0 aliphatic carbocycles. The molecule has 1 aromatic carbocycles. The van der Waals surface area contributed by atoms with E-state index in [1.54, 1.807) is 23.3 Å². The van der Waals surface area contributed by atoms with Crippen molar-refractivity contribution in [2.24, 2.45) is 0 Å². The topological polar surface area (TPSA) is 23.5 Å². The van der Waals surface area contributed by atoms with E-state index in [2.05, 4.69) is 0 Å². The summed E-state index contributed by atoms with van der Waals surface area (Å²) >= 11 is 1.55. The smallest absolute Gasteiger partial charge is 0.149 e. The maximum absolute atomic E-state index is 14.0. The molecule has 0 saturated carbocycles. The van der Waals surface area contributed by atoms with Gasteiger partial charge in [-0.1, -0.05) is 6.07 Å². The summed E-state index contributed by atoms with van der Waals surface area (Å²) in [5, 5.41) is 10.9. The molecule has 102 valence electrons. The van der Waals surface area contributed by atoms with Crippen LogP contribution in [0.2, 0.25) is 0 Å². The summed E-state index contributed by atoms with van der Waals surface area (Å²) in [7, 11) is 1.66. The number of benzene rings is 1. The van der Waals surface area contributed by atoms with Gasteiger partial charge in [0.25, 0.3) is 0 Å². The second kappa shape index (κ2) is 5.67. The third kappa shape index (κ3) is 2.77. The molecular weight excluding hydrogens is 268 g/mol. The molecule has 1 unspecified atom stereocenters. The Morgan fingerprint density at radius 1 is 1.32 bits per heavy atom. The molecule has 0 spiro atoms. The molecule has 1 aromatic heterocycles. The Balaban J connectivity index is 2.36. The van der Waals surface area contributed by atoms with Crippen LogP contribution in [0.25, 0.3) is 0 Å². The predicted octanol–water partition coefficient (Wildman–Crippen LogP) is 3.72. The van der Waals surface area contributed by atoms with Gasteiger partial charge in [0.1, 0.15) is 17.3 Å². The maximum Gasteiger partial charge on any atom is 0.149 e. The largest absolute Gasteiger partial charge is 0.392 e. The van der Waals surface area contributed by atoms with Gasteiger partial charge in [0.2, 0.25) is 0 Å². The number of aliphatic hydroxyl groups excluding tert-OH is 1. The van der Waals surface area contributed by atoms with Gasteiger partial charge in [-0.05, 0) is 36.1 Å². The second-order valence-corrected chi connectivity index (χ2v) is 5.35. The molecule has 0 fully saturated rings. The van der Waals surface area contributed by atoms with Crippen molar-refractivity contribution in [1.29, 1.82) is 0 Å². The maximum atomic E-state index is 14.0. The number of hydrogen-bond donors (Lipinski definition) is 1. The minimum atomic E-state index is -0.657. The van der Waals surface area contributed by atoms with Crippen molar-refractivity contribution in [3.63, 3.8) is 0 Å². The van der Waals surface area contributed by atoms with Crippen LogP contribution in [0.1, 0.15) is 23.4 Å². The first-order valence-electron chi connectivity index (χ1n) is 5.89. The van der Waals surface area contributed by atoms with Gasteiger partial charge in [-0.25, -0.2) is 8.78 Å². The van der Waals surface area contributed by atoms with Crippen LogP contribution in [0.3, 0.4) is 0 Å². The lowest BCUT2D eigenvalue weighted by molar-refractivity contribution is 0.280. The number of anilines is 1. The first kappa shape index (κ1) is 14.0. The minimum Gasteiger partial charge on any atom is -0.392 e. The average Bonchev–Trinajstić information content (AvgIpc) is 2.90. The summed E-state index contributed by atoms with van der Waals surface area (Å²) in [6.07, 6.45) is 0. The fraction of sp³-hybridized carbons (Fsp3) is 0.286. The van der Waals surface area contributed by atoms with Gasteiger partial charge in [0, 0.05) is 11.9 Å². The second-order valence-electron chi connectivity index (χ2n) is 4.37. The molecule has 0 amide bonds. The molecule has 0 aliphatic rings. The normalized spacial score (nSPS) is 12.5. The zero-order chi connectivity index (χ0) is 14.0. The van der Waals surface area contributed by atoms with Gasteiger partial charge < -0.3 is 10.0 Å². The third-order valence-corrected chi connectivity index (χ3v) is 4.19. The summed E-state index contributed by atoms with van der Waals surface area (Å²) in [6, 6.07) is 6.05. The highest BCUT2D eigenvalue weighted by Gasteiger charge is 2.20. The van der Waals surface area contributed by atoms with Gasteiger partial charge in [0.05, 0.1) is 12.6 Å². The summed E-state index contributed by atoms with van der Waals surface area (Å²) in [5.74, 6) is -1.31. The van der Waals surface area contributed by atoms with E-state index in [1.807, 2.05) is 24.4 Å². The highest BCUT2D eigenvalue weighted by atomic mass is 32.1. The lowest BCUT2D eigenvalue weighted by Crippen LogP contribution is -2.23. The Morgan fingerprint density at radius 3 is 2.42 bits per heavy atom. The molecular formula is C14H15F2NOS. The van der Waals surface area contributed by atoms with Gasteiger partial charge in [-0.2, -0.15) is 0 Å². The van der Waals surface area contributed by atoms with Crippen LogP contribution in [-0.4, -0.2) is 12.2 Å². The van der Waals surface area contributed by atoms with Crippen molar-refractivity contribution in [1.82, 2.24) is 0 Å². The van der Waals surface area contributed by atoms with Crippen LogP contribution < -0.4 is 4.90 Å². The summed E-state index contributed by atoms with van der Waals surface area (Å²) in [4.78, 5) is 2.60. The number of halogens is 2. The summed E-state index contributed by atoms with van der Waals surface area (Å²) < 4.78 is 27.9. The summed E-state index contributed by atoms with van der Waals surface area (Å²) in [6.45, 7) is 1.52. The van der Waals surface area contributed by atoms with Crippen molar-refractivity contribution in [2.45, 2.75) is 19.6 Å². The number of nitrogens with zero attached hydrogens (tertiary/aromatic N) is 1. The van der Waals surface area contributed by atoms with E-state index in [9.17, 15) is 8.78 Å². The zero-order valence-electron chi connectivity index (χ0n) is 10.7. The Bertz CT molecular complexity index is 534. The lowest BCUT2D eigenvalue weighted by Gasteiger charge is -2.27. The molecule has 0 aliphatic heterocycles. The number of hydrogen-bond acceptors (Lipinski definition) is 3. The van der Waals surface area contributed by atoms with Gasteiger partial charge in [0.15, 0.2) is 0 Å². The number of thiophene rings is 1. The molecule has 2 rings (SSSR count). The molecule has 19 heavy (non-hydrogen) atoms. The van der Waals surface area contributed by atoms with Gasteiger partial charge >= 0.3 is 0 Å². The molecule has 1 heterocycles. The van der Waals surface area contributed by atoms with E-state index in [0.717, 1.165) is 17.0 Å². The van der Waals surface area contributed by atoms with Crippen LogP contribution in [-0.2, 0) is 6.61 Å². The van der Waals surface area contributed by atoms with Crippen molar-refractivity contribution in [3.8, 4) is 0 Å². The van der Waals surface area contributed by atoms with Crippen LogP contribution in [0.5, 0.6) is 0 Å².